The second-order valence-electron chi connectivity index (χ2n) is 5.51. The van der Waals surface area contributed by atoms with Crippen LogP contribution in [-0.2, 0) is 13.2 Å². The van der Waals surface area contributed by atoms with E-state index in [1.165, 1.54) is 0 Å². The van der Waals surface area contributed by atoms with E-state index in [0.29, 0.717) is 23.2 Å². The van der Waals surface area contributed by atoms with E-state index in [4.69, 9.17) is 27.9 Å². The Labute approximate surface area is 165 Å². The molecule has 0 bridgehead atoms. The quantitative estimate of drug-likeness (QED) is 0.451. The third-order valence-electron chi connectivity index (χ3n) is 3.66. The predicted molar refractivity (Wildman–Crippen MR) is 109 cm³/mol. The van der Waals surface area contributed by atoms with Gasteiger partial charge in [0.25, 0.3) is 0 Å². The predicted octanol–water partition coefficient (Wildman–Crippen LogP) is 6.95. The lowest BCUT2D eigenvalue weighted by molar-refractivity contribution is 0.303. The van der Waals surface area contributed by atoms with Crippen molar-refractivity contribution in [1.82, 2.24) is 0 Å². The Morgan fingerprint density at radius 1 is 0.920 bits per heavy atom. The van der Waals surface area contributed by atoms with E-state index in [1.54, 1.807) is 0 Å². The van der Waals surface area contributed by atoms with Crippen LogP contribution in [-0.4, -0.2) is 0 Å². The minimum Gasteiger partial charge on any atom is -0.489 e. The number of benzene rings is 3. The lowest BCUT2D eigenvalue weighted by Gasteiger charge is -2.14. The third-order valence-corrected chi connectivity index (χ3v) is 5.13. The average Bonchev–Trinajstić information content (AvgIpc) is 2.63. The van der Waals surface area contributed by atoms with Crippen LogP contribution >= 0.6 is 39.1 Å². The summed E-state index contributed by atoms with van der Waals surface area (Å²) in [6.07, 6.45) is 0. The number of hydrogen-bond acceptors (Lipinski definition) is 2. The molecule has 128 valence electrons. The first-order valence-corrected chi connectivity index (χ1v) is 9.31. The SMILES string of the molecule is Clc1ccc(OCc2ccccc2)c(CNc2ccc(Br)c(Cl)c2)c1. The number of hydrogen-bond donors (Lipinski definition) is 1. The number of anilines is 1. The van der Waals surface area contributed by atoms with E-state index in [1.807, 2.05) is 66.7 Å². The summed E-state index contributed by atoms with van der Waals surface area (Å²) >= 11 is 15.7. The summed E-state index contributed by atoms with van der Waals surface area (Å²) in [7, 11) is 0. The molecule has 5 heteroatoms. The van der Waals surface area contributed by atoms with Gasteiger partial charge in [-0.2, -0.15) is 0 Å². The number of rotatable bonds is 6. The van der Waals surface area contributed by atoms with Crippen LogP contribution in [0.4, 0.5) is 5.69 Å². The minimum absolute atomic E-state index is 0.513. The van der Waals surface area contributed by atoms with Crippen LogP contribution in [0, 0.1) is 0 Å². The van der Waals surface area contributed by atoms with Gasteiger partial charge in [-0.05, 0) is 57.9 Å². The highest BCUT2D eigenvalue weighted by Crippen LogP contribution is 2.28. The van der Waals surface area contributed by atoms with Crippen LogP contribution in [0.1, 0.15) is 11.1 Å². The topological polar surface area (TPSA) is 21.3 Å². The molecule has 0 unspecified atom stereocenters. The molecule has 1 N–H and O–H groups in total. The largest absolute Gasteiger partial charge is 0.489 e. The summed E-state index contributed by atoms with van der Waals surface area (Å²) in [5.41, 5.74) is 3.04. The summed E-state index contributed by atoms with van der Waals surface area (Å²) in [6.45, 7) is 1.10. The van der Waals surface area contributed by atoms with E-state index < -0.39 is 0 Å². The van der Waals surface area contributed by atoms with Gasteiger partial charge in [0.2, 0.25) is 0 Å². The molecule has 0 aromatic heterocycles. The third kappa shape index (κ3) is 5.15. The van der Waals surface area contributed by atoms with Crippen molar-refractivity contribution in [2.75, 3.05) is 5.32 Å². The van der Waals surface area contributed by atoms with E-state index in [9.17, 15) is 0 Å². The first-order valence-electron chi connectivity index (χ1n) is 7.76. The molecule has 3 aromatic carbocycles. The highest BCUT2D eigenvalue weighted by molar-refractivity contribution is 9.10. The molecule has 0 aliphatic heterocycles. The van der Waals surface area contributed by atoms with Crippen molar-refractivity contribution in [3.05, 3.63) is 92.4 Å². The Bertz CT molecular complexity index is 856. The van der Waals surface area contributed by atoms with Crippen molar-refractivity contribution >= 4 is 44.8 Å². The molecule has 0 heterocycles. The van der Waals surface area contributed by atoms with Crippen LogP contribution < -0.4 is 10.1 Å². The summed E-state index contributed by atoms with van der Waals surface area (Å²) in [4.78, 5) is 0. The zero-order valence-electron chi connectivity index (χ0n) is 13.3. The van der Waals surface area contributed by atoms with Gasteiger partial charge in [0.15, 0.2) is 0 Å². The molecule has 0 radical (unpaired) electrons. The molecule has 0 aliphatic carbocycles. The van der Waals surface area contributed by atoms with E-state index >= 15 is 0 Å². The molecule has 0 saturated heterocycles. The maximum Gasteiger partial charge on any atom is 0.124 e. The minimum atomic E-state index is 0.513. The number of halogens is 3. The summed E-state index contributed by atoms with van der Waals surface area (Å²) < 4.78 is 6.85. The van der Waals surface area contributed by atoms with Crippen LogP contribution in [0.5, 0.6) is 5.75 Å². The second kappa shape index (κ2) is 8.61. The molecular formula is C20H16BrCl2NO. The highest BCUT2D eigenvalue weighted by Gasteiger charge is 2.07. The lowest BCUT2D eigenvalue weighted by Crippen LogP contribution is -2.04. The van der Waals surface area contributed by atoms with Gasteiger partial charge >= 0.3 is 0 Å². The Hall–Kier alpha value is -1.68. The zero-order chi connectivity index (χ0) is 17.6. The summed E-state index contributed by atoms with van der Waals surface area (Å²) in [5.74, 6) is 0.809. The second-order valence-corrected chi connectivity index (χ2v) is 7.21. The van der Waals surface area contributed by atoms with Gasteiger partial charge in [-0.25, -0.2) is 0 Å². The van der Waals surface area contributed by atoms with E-state index in [2.05, 4.69) is 21.2 Å². The Balaban J connectivity index is 1.71. The van der Waals surface area contributed by atoms with Gasteiger partial charge in [0.05, 0.1) is 5.02 Å². The van der Waals surface area contributed by atoms with Crippen molar-refractivity contribution in [2.24, 2.45) is 0 Å². The molecule has 3 rings (SSSR count). The smallest absolute Gasteiger partial charge is 0.124 e. The van der Waals surface area contributed by atoms with Crippen molar-refractivity contribution in [2.45, 2.75) is 13.2 Å². The van der Waals surface area contributed by atoms with Gasteiger partial charge in [-0.15, -0.1) is 0 Å². The normalized spacial score (nSPS) is 10.5. The Morgan fingerprint density at radius 3 is 2.48 bits per heavy atom. The molecule has 25 heavy (non-hydrogen) atoms. The molecule has 0 fully saturated rings. The zero-order valence-corrected chi connectivity index (χ0v) is 16.4. The molecular weight excluding hydrogens is 421 g/mol. The van der Waals surface area contributed by atoms with Crippen LogP contribution in [0.25, 0.3) is 0 Å². The van der Waals surface area contributed by atoms with Crippen molar-refractivity contribution in [3.8, 4) is 5.75 Å². The average molecular weight is 437 g/mol. The maximum absolute atomic E-state index is 6.15. The molecule has 2 nitrogen and oxygen atoms in total. The van der Waals surface area contributed by atoms with Gasteiger partial charge in [-0.3, -0.25) is 0 Å². The van der Waals surface area contributed by atoms with Gasteiger partial charge < -0.3 is 10.1 Å². The van der Waals surface area contributed by atoms with Crippen LogP contribution in [0.2, 0.25) is 10.0 Å². The molecule has 0 spiro atoms. The fourth-order valence-corrected chi connectivity index (χ4v) is 2.99. The van der Waals surface area contributed by atoms with Gasteiger partial charge in [0, 0.05) is 27.3 Å². The number of nitrogens with one attached hydrogen (secondary N) is 1. The molecule has 3 aromatic rings. The fraction of sp³-hybridized carbons (Fsp3) is 0.100. The monoisotopic (exact) mass is 435 g/mol. The summed E-state index contributed by atoms with van der Waals surface area (Å²) in [5, 5.41) is 4.69. The fourth-order valence-electron chi connectivity index (χ4n) is 2.37. The van der Waals surface area contributed by atoms with E-state index in [0.717, 1.165) is 27.0 Å². The molecule has 0 saturated carbocycles. The molecule has 0 amide bonds. The maximum atomic E-state index is 6.15. The van der Waals surface area contributed by atoms with Crippen molar-refractivity contribution in [3.63, 3.8) is 0 Å². The Kier molecular flexibility index (Phi) is 6.24. The standard InChI is InChI=1S/C20H16BrCl2NO/c21-18-8-7-17(11-19(18)23)24-12-15-10-16(22)6-9-20(15)25-13-14-4-2-1-3-5-14/h1-11,24H,12-13H2. The van der Waals surface area contributed by atoms with Crippen LogP contribution in [0.3, 0.4) is 0 Å². The summed E-state index contributed by atoms with van der Waals surface area (Å²) in [6, 6.07) is 21.5. The van der Waals surface area contributed by atoms with Gasteiger partial charge in [0.1, 0.15) is 12.4 Å². The van der Waals surface area contributed by atoms with Gasteiger partial charge in [-0.1, -0.05) is 53.5 Å². The molecule has 0 aliphatic rings. The van der Waals surface area contributed by atoms with Crippen molar-refractivity contribution in [1.29, 1.82) is 0 Å². The first-order chi connectivity index (χ1) is 12.1. The van der Waals surface area contributed by atoms with Crippen LogP contribution in [0.15, 0.2) is 71.2 Å². The van der Waals surface area contributed by atoms with Crippen molar-refractivity contribution < 1.29 is 4.74 Å². The first kappa shape index (κ1) is 18.1. The molecule has 0 atom stereocenters. The number of ether oxygens (including phenoxy) is 1. The lowest BCUT2D eigenvalue weighted by atomic mass is 10.2. The van der Waals surface area contributed by atoms with E-state index in [-0.39, 0.29) is 0 Å². The Morgan fingerprint density at radius 2 is 1.72 bits per heavy atom. The highest BCUT2D eigenvalue weighted by atomic mass is 79.9.